The molecule has 0 aromatic carbocycles. The molecule has 1 fully saturated rings. The molecule has 1 aromatic rings. The molecule has 1 saturated carbocycles. The minimum atomic E-state index is -0.232. The number of rotatable bonds is 1. The molecule has 3 aliphatic rings. The minimum absolute atomic E-state index is 0.232. The van der Waals surface area contributed by atoms with E-state index in [0.29, 0.717) is 22.6 Å². The smallest absolute Gasteiger partial charge is 0.0784 e. The molecule has 5 unspecified atom stereocenters. The molecule has 5 atom stereocenters. The Morgan fingerprint density at radius 2 is 2.24 bits per heavy atom. The summed E-state index contributed by atoms with van der Waals surface area (Å²) < 4.78 is 1.43. The van der Waals surface area contributed by atoms with Crippen molar-refractivity contribution in [2.45, 2.75) is 44.0 Å². The van der Waals surface area contributed by atoms with Crippen LogP contribution >= 0.6 is 27.3 Å². The van der Waals surface area contributed by atoms with Gasteiger partial charge in [0.05, 0.1) is 6.10 Å². The van der Waals surface area contributed by atoms with Gasteiger partial charge >= 0.3 is 0 Å². The van der Waals surface area contributed by atoms with Crippen molar-refractivity contribution in [1.82, 2.24) is 0 Å². The van der Waals surface area contributed by atoms with Crippen LogP contribution in [0.4, 0.5) is 0 Å². The second-order valence-corrected chi connectivity index (χ2v) is 8.94. The van der Waals surface area contributed by atoms with Gasteiger partial charge < -0.3 is 5.11 Å². The predicted molar refractivity (Wildman–Crippen MR) is 94.0 cm³/mol. The van der Waals surface area contributed by atoms with Gasteiger partial charge in [-0.25, -0.2) is 0 Å². The highest BCUT2D eigenvalue weighted by Crippen LogP contribution is 2.48. The lowest BCUT2D eigenvalue weighted by atomic mass is 9.80. The SMILES string of the molecule is CCC1C2Cc3c(sc4c3=CC(Br)CC=4)C=C2C(O)C1C. The van der Waals surface area contributed by atoms with Gasteiger partial charge in [-0.3, -0.25) is 0 Å². The van der Waals surface area contributed by atoms with Gasteiger partial charge in [-0.05, 0) is 53.0 Å². The molecule has 0 aliphatic heterocycles. The summed E-state index contributed by atoms with van der Waals surface area (Å²) in [6.07, 6.45) is 10.2. The van der Waals surface area contributed by atoms with E-state index < -0.39 is 0 Å². The van der Waals surface area contributed by atoms with Crippen molar-refractivity contribution in [2.75, 3.05) is 0 Å². The zero-order chi connectivity index (χ0) is 14.7. The van der Waals surface area contributed by atoms with Gasteiger partial charge in [0.1, 0.15) is 0 Å². The molecular weight excluding hydrogens is 344 g/mol. The number of hydrogen-bond donors (Lipinski definition) is 1. The second-order valence-electron chi connectivity index (χ2n) is 6.68. The molecule has 1 heterocycles. The topological polar surface area (TPSA) is 20.2 Å². The Hall–Kier alpha value is -0.380. The summed E-state index contributed by atoms with van der Waals surface area (Å²) in [6, 6.07) is 0. The van der Waals surface area contributed by atoms with Gasteiger partial charge in [-0.15, -0.1) is 11.3 Å². The molecule has 1 nitrogen and oxygen atoms in total. The maximum absolute atomic E-state index is 10.6. The van der Waals surface area contributed by atoms with Crippen LogP contribution in [-0.2, 0) is 6.42 Å². The average Bonchev–Trinajstić information content (AvgIpc) is 2.93. The number of fused-ring (bicyclic) bond motifs is 4. The Kier molecular flexibility index (Phi) is 3.44. The first kappa shape index (κ1) is 14.2. The summed E-state index contributed by atoms with van der Waals surface area (Å²) in [5.41, 5.74) is 2.83. The van der Waals surface area contributed by atoms with E-state index in [1.807, 2.05) is 11.3 Å². The molecule has 3 aliphatic carbocycles. The summed E-state index contributed by atoms with van der Waals surface area (Å²) >= 11 is 5.64. The lowest BCUT2D eigenvalue weighted by Crippen LogP contribution is -2.29. The van der Waals surface area contributed by atoms with Crippen molar-refractivity contribution in [1.29, 1.82) is 0 Å². The Labute approximate surface area is 138 Å². The lowest BCUT2D eigenvalue weighted by molar-refractivity contribution is 0.148. The molecule has 0 bridgehead atoms. The summed E-state index contributed by atoms with van der Waals surface area (Å²) in [7, 11) is 0. The highest BCUT2D eigenvalue weighted by Gasteiger charge is 2.44. The molecule has 21 heavy (non-hydrogen) atoms. The van der Waals surface area contributed by atoms with Crippen molar-refractivity contribution in [2.24, 2.45) is 17.8 Å². The van der Waals surface area contributed by atoms with Crippen LogP contribution in [0.15, 0.2) is 5.57 Å². The van der Waals surface area contributed by atoms with Crippen molar-refractivity contribution in [3.63, 3.8) is 0 Å². The first-order chi connectivity index (χ1) is 10.1. The van der Waals surface area contributed by atoms with Crippen molar-refractivity contribution in [3.05, 3.63) is 25.8 Å². The number of hydrogen-bond acceptors (Lipinski definition) is 2. The van der Waals surface area contributed by atoms with Crippen LogP contribution in [0.2, 0.25) is 0 Å². The van der Waals surface area contributed by atoms with E-state index >= 15 is 0 Å². The van der Waals surface area contributed by atoms with E-state index in [-0.39, 0.29) is 6.10 Å². The van der Waals surface area contributed by atoms with Crippen molar-refractivity contribution < 1.29 is 5.11 Å². The summed E-state index contributed by atoms with van der Waals surface area (Å²) in [5.74, 6) is 1.58. The van der Waals surface area contributed by atoms with E-state index in [9.17, 15) is 5.11 Å². The third-order valence-corrected chi connectivity index (χ3v) is 7.47. The standard InChI is InChI=1S/C18H21BrOS/c1-3-11-9(2)18(20)15-8-17-14(7-12(11)15)13-6-10(19)4-5-16(13)21-17/h5-6,8-12,18,20H,3-4,7H2,1-2H3. The van der Waals surface area contributed by atoms with Gasteiger partial charge in [-0.2, -0.15) is 0 Å². The number of halogens is 1. The Balaban J connectivity index is 1.87. The Morgan fingerprint density at radius 3 is 3.00 bits per heavy atom. The van der Waals surface area contributed by atoms with Crippen LogP contribution in [-0.4, -0.2) is 16.0 Å². The molecule has 0 spiro atoms. The fraction of sp³-hybridized carbons (Fsp3) is 0.556. The lowest BCUT2D eigenvalue weighted by Gasteiger charge is -2.24. The average molecular weight is 365 g/mol. The van der Waals surface area contributed by atoms with Crippen LogP contribution in [0.25, 0.3) is 18.2 Å². The minimum Gasteiger partial charge on any atom is -0.388 e. The van der Waals surface area contributed by atoms with Crippen LogP contribution in [0, 0.1) is 17.8 Å². The number of alkyl halides is 1. The van der Waals surface area contributed by atoms with Crippen LogP contribution in [0.3, 0.4) is 0 Å². The zero-order valence-electron chi connectivity index (χ0n) is 12.5. The van der Waals surface area contributed by atoms with Crippen molar-refractivity contribution >= 4 is 45.5 Å². The van der Waals surface area contributed by atoms with Crippen LogP contribution in [0.5, 0.6) is 0 Å². The van der Waals surface area contributed by atoms with Gasteiger partial charge in [0.2, 0.25) is 0 Å². The molecular formula is C18H21BrOS. The largest absolute Gasteiger partial charge is 0.388 e. The molecule has 0 amide bonds. The Morgan fingerprint density at radius 1 is 1.43 bits per heavy atom. The monoisotopic (exact) mass is 364 g/mol. The third-order valence-electron chi connectivity index (χ3n) is 5.64. The third kappa shape index (κ3) is 2.04. The summed E-state index contributed by atoms with van der Waals surface area (Å²) in [5, 5.41) is 12.0. The van der Waals surface area contributed by atoms with E-state index in [4.69, 9.17) is 0 Å². The first-order valence-corrected chi connectivity index (χ1v) is 9.70. The van der Waals surface area contributed by atoms with Gasteiger partial charge in [0, 0.05) is 14.2 Å². The molecule has 1 N–H and O–H groups in total. The van der Waals surface area contributed by atoms with E-state index in [2.05, 4.69) is 48.0 Å². The van der Waals surface area contributed by atoms with Gasteiger partial charge in [0.25, 0.3) is 0 Å². The Bertz CT molecular complexity index is 729. The molecule has 112 valence electrons. The van der Waals surface area contributed by atoms with Crippen LogP contribution in [0.1, 0.15) is 37.1 Å². The molecule has 1 aromatic heterocycles. The molecule has 0 radical (unpaired) electrons. The fourth-order valence-corrected chi connectivity index (χ4v) is 6.19. The number of thiophene rings is 1. The number of aliphatic hydroxyl groups is 1. The van der Waals surface area contributed by atoms with Gasteiger partial charge in [0.15, 0.2) is 0 Å². The maximum Gasteiger partial charge on any atom is 0.0784 e. The summed E-state index contributed by atoms with van der Waals surface area (Å²) in [4.78, 5) is 1.87. The van der Waals surface area contributed by atoms with Gasteiger partial charge in [-0.1, -0.05) is 48.4 Å². The molecule has 0 saturated heterocycles. The van der Waals surface area contributed by atoms with E-state index in [1.165, 1.54) is 32.2 Å². The van der Waals surface area contributed by atoms with Crippen molar-refractivity contribution in [3.8, 4) is 0 Å². The number of aliphatic hydroxyl groups excluding tert-OH is 1. The van der Waals surface area contributed by atoms with E-state index in [1.54, 1.807) is 0 Å². The quantitative estimate of drug-likeness (QED) is 0.759. The molecule has 3 heteroatoms. The highest BCUT2D eigenvalue weighted by molar-refractivity contribution is 9.09. The maximum atomic E-state index is 10.6. The second kappa shape index (κ2) is 5.07. The molecule has 4 rings (SSSR count). The summed E-state index contributed by atoms with van der Waals surface area (Å²) in [6.45, 7) is 4.49. The first-order valence-electron chi connectivity index (χ1n) is 7.97. The predicted octanol–water partition coefficient (Wildman–Crippen LogP) is 3.07. The normalized spacial score (nSPS) is 37.0. The highest BCUT2D eigenvalue weighted by atomic mass is 79.9. The van der Waals surface area contributed by atoms with E-state index in [0.717, 1.165) is 12.8 Å². The fourth-order valence-electron chi connectivity index (χ4n) is 4.51. The van der Waals surface area contributed by atoms with Crippen LogP contribution < -0.4 is 9.75 Å². The zero-order valence-corrected chi connectivity index (χ0v) is 14.9.